The summed E-state index contributed by atoms with van der Waals surface area (Å²) in [6, 6.07) is 0.330. The zero-order valence-electron chi connectivity index (χ0n) is 9.58. The lowest BCUT2D eigenvalue weighted by Crippen LogP contribution is -2.28. The van der Waals surface area contributed by atoms with Gasteiger partial charge in [-0.2, -0.15) is 0 Å². The van der Waals surface area contributed by atoms with E-state index in [1.807, 2.05) is 0 Å². The molecule has 1 atom stereocenters. The van der Waals surface area contributed by atoms with E-state index in [1.54, 1.807) is 0 Å². The Morgan fingerprint density at radius 2 is 1.69 bits per heavy atom. The summed E-state index contributed by atoms with van der Waals surface area (Å²) < 4.78 is 0. The van der Waals surface area contributed by atoms with E-state index in [0.29, 0.717) is 6.04 Å². The first-order chi connectivity index (χ1) is 6.02. The highest BCUT2D eigenvalue weighted by Crippen LogP contribution is 1.93. The van der Waals surface area contributed by atoms with Gasteiger partial charge in [0.15, 0.2) is 0 Å². The second-order valence-corrected chi connectivity index (χ2v) is 4.23. The SMILES string of the molecule is CC(N)CCN(C)CCCN(C)C. The van der Waals surface area contributed by atoms with Crippen molar-refractivity contribution in [3.8, 4) is 0 Å². The normalized spacial score (nSPS) is 14.1. The standard InChI is InChI=1S/C10H25N3/c1-10(11)6-9-13(4)8-5-7-12(2)3/h10H,5-9,11H2,1-4H3. The van der Waals surface area contributed by atoms with Gasteiger partial charge in [-0.15, -0.1) is 0 Å². The van der Waals surface area contributed by atoms with Crippen molar-refractivity contribution >= 4 is 0 Å². The van der Waals surface area contributed by atoms with E-state index in [9.17, 15) is 0 Å². The number of nitrogens with zero attached hydrogens (tertiary/aromatic N) is 2. The fourth-order valence-electron chi connectivity index (χ4n) is 1.19. The first-order valence-corrected chi connectivity index (χ1v) is 5.11. The molecule has 0 spiro atoms. The molecule has 0 aliphatic carbocycles. The van der Waals surface area contributed by atoms with Crippen LogP contribution in [0.25, 0.3) is 0 Å². The maximum absolute atomic E-state index is 5.68. The smallest absolute Gasteiger partial charge is 0.00226 e. The number of rotatable bonds is 7. The van der Waals surface area contributed by atoms with Crippen LogP contribution in [-0.2, 0) is 0 Å². The van der Waals surface area contributed by atoms with Gasteiger partial charge in [0.1, 0.15) is 0 Å². The lowest BCUT2D eigenvalue weighted by atomic mass is 10.2. The van der Waals surface area contributed by atoms with Crippen molar-refractivity contribution in [2.24, 2.45) is 5.73 Å². The van der Waals surface area contributed by atoms with Gasteiger partial charge in [-0.25, -0.2) is 0 Å². The highest BCUT2D eigenvalue weighted by Gasteiger charge is 2.00. The second-order valence-electron chi connectivity index (χ2n) is 4.23. The molecule has 0 amide bonds. The first kappa shape index (κ1) is 12.9. The van der Waals surface area contributed by atoms with Crippen LogP contribution in [0.2, 0.25) is 0 Å². The van der Waals surface area contributed by atoms with Crippen molar-refractivity contribution < 1.29 is 0 Å². The van der Waals surface area contributed by atoms with Crippen LogP contribution in [0, 0.1) is 0 Å². The molecular weight excluding hydrogens is 162 g/mol. The van der Waals surface area contributed by atoms with Gasteiger partial charge in [0.2, 0.25) is 0 Å². The Balaban J connectivity index is 3.25. The Labute approximate surface area is 82.9 Å². The molecule has 0 saturated heterocycles. The first-order valence-electron chi connectivity index (χ1n) is 5.11. The number of hydrogen-bond acceptors (Lipinski definition) is 3. The maximum Gasteiger partial charge on any atom is 0.00226 e. The monoisotopic (exact) mass is 187 g/mol. The Bertz CT molecular complexity index is 113. The summed E-state index contributed by atoms with van der Waals surface area (Å²) in [6.45, 7) is 5.52. The molecule has 0 aromatic heterocycles. The minimum atomic E-state index is 0.330. The molecule has 0 aromatic carbocycles. The second kappa shape index (κ2) is 7.30. The minimum Gasteiger partial charge on any atom is -0.328 e. The summed E-state index contributed by atoms with van der Waals surface area (Å²) >= 11 is 0. The molecule has 0 rings (SSSR count). The molecule has 1 unspecified atom stereocenters. The van der Waals surface area contributed by atoms with Gasteiger partial charge in [0, 0.05) is 6.04 Å². The zero-order valence-corrected chi connectivity index (χ0v) is 9.58. The summed E-state index contributed by atoms with van der Waals surface area (Å²) in [4.78, 5) is 4.58. The van der Waals surface area contributed by atoms with E-state index >= 15 is 0 Å². The predicted molar refractivity (Wildman–Crippen MR) is 58.9 cm³/mol. The van der Waals surface area contributed by atoms with E-state index in [0.717, 1.165) is 13.0 Å². The maximum atomic E-state index is 5.68. The van der Waals surface area contributed by atoms with E-state index < -0.39 is 0 Å². The average molecular weight is 187 g/mol. The Hall–Kier alpha value is -0.120. The summed E-state index contributed by atoms with van der Waals surface area (Å²) in [7, 11) is 6.39. The van der Waals surface area contributed by atoms with Crippen molar-refractivity contribution in [1.29, 1.82) is 0 Å². The fourth-order valence-corrected chi connectivity index (χ4v) is 1.19. The summed E-state index contributed by atoms with van der Waals surface area (Å²) in [5.41, 5.74) is 5.68. The third-order valence-electron chi connectivity index (χ3n) is 2.11. The molecule has 2 N–H and O–H groups in total. The van der Waals surface area contributed by atoms with Crippen LogP contribution < -0.4 is 5.73 Å². The minimum absolute atomic E-state index is 0.330. The van der Waals surface area contributed by atoms with Crippen molar-refractivity contribution in [3.05, 3.63) is 0 Å². The summed E-state index contributed by atoms with van der Waals surface area (Å²) in [5.74, 6) is 0. The quantitative estimate of drug-likeness (QED) is 0.634. The van der Waals surface area contributed by atoms with Gasteiger partial charge in [-0.05, 0) is 60.5 Å². The molecule has 0 aromatic rings. The highest BCUT2D eigenvalue weighted by atomic mass is 15.1. The molecule has 0 radical (unpaired) electrons. The molecule has 3 nitrogen and oxygen atoms in total. The average Bonchev–Trinajstić information content (AvgIpc) is 2.00. The van der Waals surface area contributed by atoms with E-state index in [1.165, 1.54) is 19.5 Å². The van der Waals surface area contributed by atoms with Crippen molar-refractivity contribution in [1.82, 2.24) is 9.80 Å². The molecule has 0 fully saturated rings. The van der Waals surface area contributed by atoms with Crippen molar-refractivity contribution in [2.45, 2.75) is 25.8 Å². The van der Waals surface area contributed by atoms with Crippen LogP contribution in [0.3, 0.4) is 0 Å². The lowest BCUT2D eigenvalue weighted by molar-refractivity contribution is 0.292. The largest absolute Gasteiger partial charge is 0.328 e. The van der Waals surface area contributed by atoms with Crippen LogP contribution in [0.15, 0.2) is 0 Å². The fraction of sp³-hybridized carbons (Fsp3) is 1.00. The van der Waals surface area contributed by atoms with Gasteiger partial charge in [0.05, 0.1) is 0 Å². The van der Waals surface area contributed by atoms with Gasteiger partial charge >= 0.3 is 0 Å². The van der Waals surface area contributed by atoms with Gasteiger partial charge in [-0.3, -0.25) is 0 Å². The molecule has 0 aliphatic rings. The molecule has 0 heterocycles. The summed E-state index contributed by atoms with van der Waals surface area (Å²) in [6.07, 6.45) is 2.33. The van der Waals surface area contributed by atoms with Crippen LogP contribution in [-0.4, -0.2) is 56.6 Å². The third-order valence-corrected chi connectivity index (χ3v) is 2.11. The summed E-state index contributed by atoms with van der Waals surface area (Å²) in [5, 5.41) is 0. The molecular formula is C10H25N3. The van der Waals surface area contributed by atoms with Gasteiger partial charge in [0.25, 0.3) is 0 Å². The highest BCUT2D eigenvalue weighted by molar-refractivity contribution is 4.58. The van der Waals surface area contributed by atoms with E-state index in [4.69, 9.17) is 5.73 Å². The molecule has 0 bridgehead atoms. The molecule has 80 valence electrons. The van der Waals surface area contributed by atoms with Crippen LogP contribution in [0.5, 0.6) is 0 Å². The molecule has 0 saturated carbocycles. The Morgan fingerprint density at radius 3 is 2.15 bits per heavy atom. The van der Waals surface area contributed by atoms with E-state index in [2.05, 4.69) is 37.9 Å². The molecule has 0 aliphatic heterocycles. The van der Waals surface area contributed by atoms with Crippen LogP contribution >= 0.6 is 0 Å². The lowest BCUT2D eigenvalue weighted by Gasteiger charge is -2.18. The van der Waals surface area contributed by atoms with Crippen LogP contribution in [0.1, 0.15) is 19.8 Å². The Morgan fingerprint density at radius 1 is 1.08 bits per heavy atom. The molecule has 3 heteroatoms. The molecule has 13 heavy (non-hydrogen) atoms. The van der Waals surface area contributed by atoms with Crippen LogP contribution in [0.4, 0.5) is 0 Å². The Kier molecular flexibility index (Phi) is 7.23. The third kappa shape index (κ3) is 9.80. The van der Waals surface area contributed by atoms with E-state index in [-0.39, 0.29) is 0 Å². The van der Waals surface area contributed by atoms with Crippen molar-refractivity contribution in [2.75, 3.05) is 40.8 Å². The predicted octanol–water partition coefficient (Wildman–Crippen LogP) is 0.607. The number of nitrogens with two attached hydrogens (primary N) is 1. The van der Waals surface area contributed by atoms with Gasteiger partial charge < -0.3 is 15.5 Å². The number of hydrogen-bond donors (Lipinski definition) is 1. The van der Waals surface area contributed by atoms with Crippen molar-refractivity contribution in [3.63, 3.8) is 0 Å². The topological polar surface area (TPSA) is 32.5 Å². The zero-order chi connectivity index (χ0) is 10.3. The van der Waals surface area contributed by atoms with Gasteiger partial charge in [-0.1, -0.05) is 0 Å².